The third kappa shape index (κ3) is 2.77. The summed E-state index contributed by atoms with van der Waals surface area (Å²) in [6.07, 6.45) is 0. The molecule has 15 heavy (non-hydrogen) atoms. The maximum absolute atomic E-state index is 8.86. The molecule has 0 aliphatic carbocycles. The van der Waals surface area contributed by atoms with Crippen LogP contribution in [0.25, 0.3) is 0 Å². The number of hydrogen-bond acceptors (Lipinski definition) is 4. The van der Waals surface area contributed by atoms with Crippen molar-refractivity contribution in [3.63, 3.8) is 0 Å². The molecule has 1 atom stereocenters. The summed E-state index contributed by atoms with van der Waals surface area (Å²) < 4.78 is 0. The van der Waals surface area contributed by atoms with E-state index in [0.717, 1.165) is 4.90 Å². The fourth-order valence-electron chi connectivity index (χ4n) is 0.949. The van der Waals surface area contributed by atoms with Gasteiger partial charge in [0.1, 0.15) is 5.25 Å². The van der Waals surface area contributed by atoms with Crippen molar-refractivity contribution in [3.05, 3.63) is 36.4 Å². The topological polar surface area (TPSA) is 73.6 Å². The van der Waals surface area contributed by atoms with Crippen LogP contribution in [0.3, 0.4) is 0 Å². The van der Waals surface area contributed by atoms with Crippen LogP contribution in [-0.2, 0) is 0 Å². The molecular weight excluding hydrogens is 206 g/mol. The van der Waals surface area contributed by atoms with Gasteiger partial charge in [-0.1, -0.05) is 30.5 Å². The van der Waals surface area contributed by atoms with Crippen LogP contribution in [0.2, 0.25) is 0 Å². The third-order valence-electron chi connectivity index (χ3n) is 1.74. The second-order valence-corrected chi connectivity index (χ2v) is 3.95. The molecule has 0 heterocycles. The Balaban J connectivity index is 2.87. The molecular formula is C11H9N3S. The van der Waals surface area contributed by atoms with Crippen molar-refractivity contribution in [2.45, 2.75) is 10.1 Å². The highest BCUT2D eigenvalue weighted by Gasteiger charge is 2.14. The van der Waals surface area contributed by atoms with Crippen LogP contribution in [0, 0.1) is 22.7 Å². The number of rotatable bonds is 3. The average molecular weight is 215 g/mol. The molecule has 0 aromatic heterocycles. The number of para-hydroxylation sites is 1. The van der Waals surface area contributed by atoms with E-state index in [-0.39, 0.29) is 5.57 Å². The molecule has 1 rings (SSSR count). The lowest BCUT2D eigenvalue weighted by Crippen LogP contribution is -2.01. The van der Waals surface area contributed by atoms with Gasteiger partial charge in [-0.2, -0.15) is 10.5 Å². The van der Waals surface area contributed by atoms with E-state index in [2.05, 4.69) is 6.58 Å². The van der Waals surface area contributed by atoms with Gasteiger partial charge in [0, 0.05) is 16.2 Å². The third-order valence-corrected chi connectivity index (χ3v) is 2.99. The lowest BCUT2D eigenvalue weighted by molar-refractivity contribution is 1.29. The smallest absolute Gasteiger partial charge is 0.130 e. The van der Waals surface area contributed by atoms with Gasteiger partial charge in [0.25, 0.3) is 0 Å². The summed E-state index contributed by atoms with van der Waals surface area (Å²) in [4.78, 5) is 0.792. The van der Waals surface area contributed by atoms with Gasteiger partial charge < -0.3 is 5.73 Å². The van der Waals surface area contributed by atoms with Crippen LogP contribution in [0.1, 0.15) is 0 Å². The molecule has 3 nitrogen and oxygen atoms in total. The Morgan fingerprint density at radius 2 is 2.07 bits per heavy atom. The molecule has 0 amide bonds. The predicted octanol–water partition coefficient (Wildman–Crippen LogP) is 2.33. The van der Waals surface area contributed by atoms with Gasteiger partial charge in [-0.3, -0.25) is 0 Å². The normalized spacial score (nSPS) is 11.1. The zero-order valence-corrected chi connectivity index (χ0v) is 8.79. The molecule has 2 N–H and O–H groups in total. The molecule has 0 aliphatic rings. The van der Waals surface area contributed by atoms with E-state index >= 15 is 0 Å². The minimum atomic E-state index is -0.570. The molecule has 0 aliphatic heterocycles. The van der Waals surface area contributed by atoms with Crippen LogP contribution in [-0.4, -0.2) is 5.25 Å². The van der Waals surface area contributed by atoms with E-state index in [9.17, 15) is 0 Å². The molecule has 1 aromatic carbocycles. The van der Waals surface area contributed by atoms with E-state index < -0.39 is 5.25 Å². The first-order chi connectivity index (χ1) is 7.19. The average Bonchev–Trinajstić information content (AvgIpc) is 2.27. The Bertz CT molecular complexity index is 454. The van der Waals surface area contributed by atoms with Crippen LogP contribution < -0.4 is 5.73 Å². The summed E-state index contributed by atoms with van der Waals surface area (Å²) in [5.41, 5.74) is 6.57. The number of nitriles is 2. The molecule has 0 fully saturated rings. The highest BCUT2D eigenvalue weighted by Crippen LogP contribution is 2.30. The molecule has 0 saturated heterocycles. The van der Waals surface area contributed by atoms with Crippen molar-refractivity contribution >= 4 is 17.4 Å². The molecule has 1 unspecified atom stereocenters. The number of hydrogen-bond donors (Lipinski definition) is 1. The van der Waals surface area contributed by atoms with Gasteiger partial charge in [-0.05, 0) is 12.1 Å². The predicted molar refractivity (Wildman–Crippen MR) is 60.9 cm³/mol. The number of nitrogens with zero attached hydrogens (tertiary/aromatic N) is 2. The van der Waals surface area contributed by atoms with E-state index in [1.807, 2.05) is 30.3 Å². The number of nitrogens with two attached hydrogens (primary N) is 1. The zero-order chi connectivity index (χ0) is 11.3. The van der Waals surface area contributed by atoms with Crippen LogP contribution in [0.15, 0.2) is 41.3 Å². The summed E-state index contributed by atoms with van der Waals surface area (Å²) >= 11 is 1.24. The van der Waals surface area contributed by atoms with Gasteiger partial charge in [0.15, 0.2) is 0 Å². The first kappa shape index (κ1) is 11.2. The second-order valence-electron chi connectivity index (χ2n) is 2.80. The van der Waals surface area contributed by atoms with E-state index in [4.69, 9.17) is 16.3 Å². The van der Waals surface area contributed by atoms with Gasteiger partial charge in [0.2, 0.25) is 0 Å². The molecule has 0 bridgehead atoms. The summed E-state index contributed by atoms with van der Waals surface area (Å²) in [6, 6.07) is 11.1. The number of thioether (sulfide) groups is 1. The quantitative estimate of drug-likeness (QED) is 0.477. The molecule has 0 radical (unpaired) electrons. The molecule has 4 heteroatoms. The maximum atomic E-state index is 8.86. The first-order valence-electron chi connectivity index (χ1n) is 4.18. The van der Waals surface area contributed by atoms with Gasteiger partial charge >= 0.3 is 0 Å². The monoisotopic (exact) mass is 215 g/mol. The van der Waals surface area contributed by atoms with E-state index in [1.54, 1.807) is 6.07 Å². The highest BCUT2D eigenvalue weighted by atomic mass is 32.2. The Labute approximate surface area is 92.8 Å². The van der Waals surface area contributed by atoms with Crippen LogP contribution in [0.5, 0.6) is 0 Å². The molecule has 1 aromatic rings. The Morgan fingerprint density at radius 1 is 1.40 bits per heavy atom. The fourth-order valence-corrected chi connectivity index (χ4v) is 1.81. The van der Waals surface area contributed by atoms with Crippen LogP contribution >= 0.6 is 11.8 Å². The number of anilines is 1. The van der Waals surface area contributed by atoms with Crippen LogP contribution in [0.4, 0.5) is 5.69 Å². The molecule has 74 valence electrons. The highest BCUT2D eigenvalue weighted by molar-refractivity contribution is 8.00. The maximum Gasteiger partial charge on any atom is 0.130 e. The molecule has 0 spiro atoms. The van der Waals surface area contributed by atoms with Crippen molar-refractivity contribution in [3.8, 4) is 12.1 Å². The standard InChI is InChI=1S/C11H9N3S/c1-8(6-12)11(7-13)15-10-5-3-2-4-9(10)14/h2-5,11H,1,14H2. The summed E-state index contributed by atoms with van der Waals surface area (Å²) in [5.74, 6) is 0. The minimum absolute atomic E-state index is 0.241. The summed E-state index contributed by atoms with van der Waals surface area (Å²) in [6.45, 7) is 3.52. The molecule has 0 saturated carbocycles. The lowest BCUT2D eigenvalue weighted by Gasteiger charge is -2.08. The van der Waals surface area contributed by atoms with Gasteiger partial charge in [0.05, 0.1) is 12.1 Å². The lowest BCUT2D eigenvalue weighted by atomic mass is 10.2. The van der Waals surface area contributed by atoms with Crippen molar-refractivity contribution < 1.29 is 0 Å². The van der Waals surface area contributed by atoms with Crippen molar-refractivity contribution in [2.75, 3.05) is 5.73 Å². The Hall–Kier alpha value is -1.91. The summed E-state index contributed by atoms with van der Waals surface area (Å²) in [5, 5.41) is 16.9. The first-order valence-corrected chi connectivity index (χ1v) is 5.06. The summed E-state index contributed by atoms with van der Waals surface area (Å²) in [7, 11) is 0. The Kier molecular flexibility index (Phi) is 3.79. The SMILES string of the molecule is C=C(C#N)C(C#N)Sc1ccccc1N. The van der Waals surface area contributed by atoms with Gasteiger partial charge in [-0.25, -0.2) is 0 Å². The van der Waals surface area contributed by atoms with Gasteiger partial charge in [-0.15, -0.1) is 0 Å². The zero-order valence-electron chi connectivity index (χ0n) is 7.97. The van der Waals surface area contributed by atoms with Crippen molar-refractivity contribution in [1.29, 1.82) is 10.5 Å². The minimum Gasteiger partial charge on any atom is -0.398 e. The fraction of sp³-hybridized carbons (Fsp3) is 0.0909. The second kappa shape index (κ2) is 5.09. The number of nitrogen functional groups attached to an aromatic ring is 1. The van der Waals surface area contributed by atoms with Crippen molar-refractivity contribution in [2.24, 2.45) is 0 Å². The largest absolute Gasteiger partial charge is 0.398 e. The van der Waals surface area contributed by atoms with Crippen molar-refractivity contribution in [1.82, 2.24) is 0 Å². The van der Waals surface area contributed by atoms with E-state index in [1.165, 1.54) is 11.8 Å². The Morgan fingerprint density at radius 3 is 2.60 bits per heavy atom. The number of benzene rings is 1. The van der Waals surface area contributed by atoms with E-state index in [0.29, 0.717) is 5.69 Å².